The molecule has 0 aliphatic rings. The van der Waals surface area contributed by atoms with E-state index >= 15 is 0 Å². The van der Waals surface area contributed by atoms with E-state index in [4.69, 9.17) is 5.11 Å². The van der Waals surface area contributed by atoms with Crippen molar-refractivity contribution >= 4 is 5.91 Å². The third-order valence-electron chi connectivity index (χ3n) is 1.80. The van der Waals surface area contributed by atoms with E-state index in [0.29, 0.717) is 12.5 Å². The lowest BCUT2D eigenvalue weighted by Gasteiger charge is -2.09. The van der Waals surface area contributed by atoms with Crippen molar-refractivity contribution in [3.63, 3.8) is 0 Å². The summed E-state index contributed by atoms with van der Waals surface area (Å²) in [6.45, 7) is 4.67. The fourth-order valence-electron chi connectivity index (χ4n) is 0.910. The van der Waals surface area contributed by atoms with E-state index in [-0.39, 0.29) is 12.5 Å². The topological polar surface area (TPSA) is 49.3 Å². The quantitative estimate of drug-likeness (QED) is 0.497. The molecule has 0 bridgehead atoms. The molecule has 0 aliphatic heterocycles. The maximum Gasteiger partial charge on any atom is 0.243 e. The molecule has 0 aromatic rings. The fraction of sp³-hybridized carbons (Fsp3) is 0.545. The Hall–Kier alpha value is -1.09. The van der Waals surface area contributed by atoms with Gasteiger partial charge in [0.1, 0.15) is 0 Å². The van der Waals surface area contributed by atoms with Crippen LogP contribution >= 0.6 is 0 Å². The number of aliphatic hydroxyl groups excluding tert-OH is 1. The van der Waals surface area contributed by atoms with Crippen LogP contribution in [0.2, 0.25) is 0 Å². The monoisotopic (exact) mass is 197 g/mol. The summed E-state index contributed by atoms with van der Waals surface area (Å²) in [5, 5.41) is 11.4. The van der Waals surface area contributed by atoms with Crippen LogP contribution in [0.4, 0.5) is 0 Å². The van der Waals surface area contributed by atoms with E-state index in [1.165, 1.54) is 6.08 Å². The summed E-state index contributed by atoms with van der Waals surface area (Å²) in [7, 11) is 0. The highest BCUT2D eigenvalue weighted by Gasteiger charge is 2.01. The molecule has 0 rings (SSSR count). The Bertz CT molecular complexity index is 209. The Morgan fingerprint density at radius 3 is 2.79 bits per heavy atom. The zero-order valence-corrected chi connectivity index (χ0v) is 8.86. The van der Waals surface area contributed by atoms with Crippen molar-refractivity contribution < 1.29 is 9.90 Å². The average molecular weight is 197 g/mol. The number of hydrogen-bond acceptors (Lipinski definition) is 2. The van der Waals surface area contributed by atoms with Gasteiger partial charge < -0.3 is 10.4 Å². The Morgan fingerprint density at radius 1 is 1.50 bits per heavy atom. The van der Waals surface area contributed by atoms with Crippen LogP contribution in [0.25, 0.3) is 0 Å². The molecule has 0 aromatic carbocycles. The molecule has 0 saturated heterocycles. The first-order valence-corrected chi connectivity index (χ1v) is 4.88. The predicted octanol–water partition coefficient (Wildman–Crippen LogP) is 1.25. The number of amides is 1. The molecular formula is C11H19NO2. The number of rotatable bonds is 6. The van der Waals surface area contributed by atoms with Crippen molar-refractivity contribution in [1.29, 1.82) is 0 Å². The second-order valence-corrected chi connectivity index (χ2v) is 3.25. The number of hydrogen-bond donors (Lipinski definition) is 2. The molecule has 2 N–H and O–H groups in total. The van der Waals surface area contributed by atoms with Gasteiger partial charge in [-0.15, -0.1) is 0 Å². The largest absolute Gasteiger partial charge is 0.396 e. The maximum absolute atomic E-state index is 11.1. The Kier molecular flexibility index (Phi) is 7.84. The van der Waals surface area contributed by atoms with Crippen LogP contribution in [0.1, 0.15) is 20.3 Å². The summed E-state index contributed by atoms with van der Waals surface area (Å²) >= 11 is 0. The van der Waals surface area contributed by atoms with E-state index < -0.39 is 0 Å². The minimum Gasteiger partial charge on any atom is -0.396 e. The summed E-state index contributed by atoms with van der Waals surface area (Å²) < 4.78 is 0. The van der Waals surface area contributed by atoms with Gasteiger partial charge in [-0.1, -0.05) is 25.2 Å². The van der Waals surface area contributed by atoms with Gasteiger partial charge in [-0.3, -0.25) is 4.79 Å². The highest BCUT2D eigenvalue weighted by atomic mass is 16.3. The van der Waals surface area contributed by atoms with Gasteiger partial charge in [0.25, 0.3) is 0 Å². The first-order chi connectivity index (χ1) is 6.70. The Morgan fingerprint density at radius 2 is 2.21 bits per heavy atom. The van der Waals surface area contributed by atoms with Crippen LogP contribution in [-0.2, 0) is 4.79 Å². The van der Waals surface area contributed by atoms with Crippen molar-refractivity contribution in [1.82, 2.24) is 5.32 Å². The lowest BCUT2D eigenvalue weighted by molar-refractivity contribution is -0.116. The van der Waals surface area contributed by atoms with Crippen LogP contribution in [0.15, 0.2) is 24.3 Å². The van der Waals surface area contributed by atoms with Crippen LogP contribution in [0.3, 0.4) is 0 Å². The molecule has 0 radical (unpaired) electrons. The molecule has 0 saturated carbocycles. The summed E-state index contributed by atoms with van der Waals surface area (Å²) in [4.78, 5) is 11.1. The van der Waals surface area contributed by atoms with Crippen LogP contribution in [0.5, 0.6) is 0 Å². The van der Waals surface area contributed by atoms with Gasteiger partial charge in [-0.05, 0) is 19.3 Å². The van der Waals surface area contributed by atoms with E-state index in [2.05, 4.69) is 5.32 Å². The van der Waals surface area contributed by atoms with Gasteiger partial charge in [0, 0.05) is 19.2 Å². The van der Waals surface area contributed by atoms with Crippen molar-refractivity contribution in [3.8, 4) is 0 Å². The highest BCUT2D eigenvalue weighted by Crippen LogP contribution is 1.97. The molecule has 0 spiro atoms. The van der Waals surface area contributed by atoms with Gasteiger partial charge in [-0.2, -0.15) is 0 Å². The van der Waals surface area contributed by atoms with E-state index in [9.17, 15) is 4.79 Å². The van der Waals surface area contributed by atoms with Gasteiger partial charge >= 0.3 is 0 Å². The molecule has 0 aliphatic carbocycles. The number of allylic oxidation sites excluding steroid dienone is 3. The van der Waals surface area contributed by atoms with Gasteiger partial charge in [0.15, 0.2) is 0 Å². The standard InChI is InChI=1S/C11H19NO2/c1-3-4-5-6-11(14)12-9-10(2)7-8-13/h3-6,10,13H,7-9H2,1-2H3,(H,12,14). The molecule has 14 heavy (non-hydrogen) atoms. The summed E-state index contributed by atoms with van der Waals surface area (Å²) in [5.41, 5.74) is 0. The third-order valence-corrected chi connectivity index (χ3v) is 1.80. The summed E-state index contributed by atoms with van der Waals surface area (Å²) in [6, 6.07) is 0. The number of carbonyl (C=O) groups excluding carboxylic acids is 1. The smallest absolute Gasteiger partial charge is 0.243 e. The Labute approximate surface area is 85.5 Å². The first kappa shape index (κ1) is 12.9. The first-order valence-electron chi connectivity index (χ1n) is 4.88. The average Bonchev–Trinajstić information content (AvgIpc) is 2.16. The second kappa shape index (κ2) is 8.51. The molecule has 0 aromatic heterocycles. The molecule has 0 fully saturated rings. The predicted molar refractivity (Wildman–Crippen MR) is 57.8 cm³/mol. The molecule has 1 atom stereocenters. The van der Waals surface area contributed by atoms with E-state index in [1.54, 1.807) is 12.2 Å². The zero-order chi connectivity index (χ0) is 10.8. The van der Waals surface area contributed by atoms with Crippen molar-refractivity contribution in [3.05, 3.63) is 24.3 Å². The molecular weight excluding hydrogens is 178 g/mol. The molecule has 3 heteroatoms. The second-order valence-electron chi connectivity index (χ2n) is 3.25. The van der Waals surface area contributed by atoms with E-state index in [1.807, 2.05) is 19.9 Å². The van der Waals surface area contributed by atoms with Gasteiger partial charge in [0.05, 0.1) is 0 Å². The SMILES string of the molecule is CC=CC=CC(=O)NCC(C)CCO. The minimum atomic E-state index is -0.0899. The van der Waals surface area contributed by atoms with E-state index in [0.717, 1.165) is 6.42 Å². The lowest BCUT2D eigenvalue weighted by Crippen LogP contribution is -2.26. The number of nitrogens with one attached hydrogen (secondary N) is 1. The summed E-state index contributed by atoms with van der Waals surface area (Å²) in [5.74, 6) is 0.229. The summed E-state index contributed by atoms with van der Waals surface area (Å²) in [6.07, 6.45) is 7.57. The normalized spacial score (nSPS) is 13.6. The molecule has 1 unspecified atom stereocenters. The molecule has 1 amide bonds. The third kappa shape index (κ3) is 7.55. The number of carbonyl (C=O) groups is 1. The van der Waals surface area contributed by atoms with Crippen molar-refractivity contribution in [2.24, 2.45) is 5.92 Å². The Balaban J connectivity index is 3.63. The highest BCUT2D eigenvalue weighted by molar-refractivity contribution is 5.87. The molecule has 0 heterocycles. The minimum absolute atomic E-state index is 0.0899. The zero-order valence-electron chi connectivity index (χ0n) is 8.86. The number of aliphatic hydroxyl groups is 1. The van der Waals surface area contributed by atoms with Crippen LogP contribution in [0, 0.1) is 5.92 Å². The fourth-order valence-corrected chi connectivity index (χ4v) is 0.910. The van der Waals surface area contributed by atoms with Crippen LogP contribution < -0.4 is 5.32 Å². The maximum atomic E-state index is 11.1. The van der Waals surface area contributed by atoms with Gasteiger partial charge in [-0.25, -0.2) is 0 Å². The molecule has 3 nitrogen and oxygen atoms in total. The van der Waals surface area contributed by atoms with Crippen molar-refractivity contribution in [2.75, 3.05) is 13.2 Å². The van der Waals surface area contributed by atoms with Crippen LogP contribution in [-0.4, -0.2) is 24.2 Å². The molecule has 80 valence electrons. The lowest BCUT2D eigenvalue weighted by atomic mass is 10.1. The van der Waals surface area contributed by atoms with Crippen molar-refractivity contribution in [2.45, 2.75) is 20.3 Å². The van der Waals surface area contributed by atoms with Gasteiger partial charge in [0.2, 0.25) is 5.91 Å².